The highest BCUT2D eigenvalue weighted by molar-refractivity contribution is 5.88. The smallest absolute Gasteiger partial charge is 0.136 e. The number of Topliss-reactive ketones (excluding diaryl/α,β-unsaturated/α-hetero) is 1. The SMILES string of the molecule is C=CC[C@H]1C[C@H]2[C@H]3C(=O)C[C@@H]1[C@@H]23. The van der Waals surface area contributed by atoms with Crippen LogP contribution in [0.4, 0.5) is 0 Å². The fourth-order valence-corrected chi connectivity index (χ4v) is 3.74. The molecule has 1 heteroatoms. The quantitative estimate of drug-likeness (QED) is 0.568. The molecule has 1 nitrogen and oxygen atoms in total. The van der Waals surface area contributed by atoms with Crippen LogP contribution in [-0.2, 0) is 4.79 Å². The summed E-state index contributed by atoms with van der Waals surface area (Å²) in [6.07, 6.45) is 5.37. The number of hydrogen-bond donors (Lipinski definition) is 0. The van der Waals surface area contributed by atoms with Gasteiger partial charge in [-0.05, 0) is 36.5 Å². The summed E-state index contributed by atoms with van der Waals surface area (Å²) in [6.45, 7) is 3.78. The largest absolute Gasteiger partial charge is 0.299 e. The molecule has 3 fully saturated rings. The Kier molecular flexibility index (Phi) is 1.15. The van der Waals surface area contributed by atoms with Gasteiger partial charge in [0.2, 0.25) is 0 Å². The fourth-order valence-electron chi connectivity index (χ4n) is 3.74. The second kappa shape index (κ2) is 2.01. The first-order valence-corrected chi connectivity index (χ1v) is 4.96. The van der Waals surface area contributed by atoms with Crippen molar-refractivity contribution in [3.8, 4) is 0 Å². The summed E-state index contributed by atoms with van der Waals surface area (Å²) in [4.78, 5) is 11.4. The molecule has 0 spiro atoms. The van der Waals surface area contributed by atoms with Crippen LogP contribution in [0.25, 0.3) is 0 Å². The highest BCUT2D eigenvalue weighted by atomic mass is 16.1. The Balaban J connectivity index is 1.82. The van der Waals surface area contributed by atoms with Crippen LogP contribution >= 0.6 is 0 Å². The van der Waals surface area contributed by atoms with Crippen molar-refractivity contribution in [2.75, 3.05) is 0 Å². The van der Waals surface area contributed by atoms with Gasteiger partial charge in [0.25, 0.3) is 0 Å². The number of carbonyl (C=O) groups is 1. The molecule has 0 aromatic heterocycles. The summed E-state index contributed by atoms with van der Waals surface area (Å²) in [6, 6.07) is 0. The van der Waals surface area contributed by atoms with Gasteiger partial charge in [0.15, 0.2) is 0 Å². The summed E-state index contributed by atoms with van der Waals surface area (Å²) < 4.78 is 0. The molecule has 0 saturated heterocycles. The molecule has 5 atom stereocenters. The zero-order chi connectivity index (χ0) is 8.29. The predicted molar refractivity (Wildman–Crippen MR) is 46.5 cm³/mol. The molecule has 3 aliphatic carbocycles. The monoisotopic (exact) mass is 162 g/mol. The lowest BCUT2D eigenvalue weighted by Gasteiger charge is -2.15. The van der Waals surface area contributed by atoms with Gasteiger partial charge in [-0.15, -0.1) is 6.58 Å². The number of carbonyl (C=O) groups excluding carboxylic acids is 1. The van der Waals surface area contributed by atoms with E-state index >= 15 is 0 Å². The van der Waals surface area contributed by atoms with E-state index in [0.717, 1.165) is 36.5 Å². The summed E-state index contributed by atoms with van der Waals surface area (Å²) >= 11 is 0. The van der Waals surface area contributed by atoms with E-state index in [4.69, 9.17) is 0 Å². The maximum Gasteiger partial charge on any atom is 0.136 e. The highest BCUT2D eigenvalue weighted by Crippen LogP contribution is 2.69. The molecule has 0 bridgehead atoms. The van der Waals surface area contributed by atoms with E-state index in [0.29, 0.717) is 11.7 Å². The molecule has 0 aromatic rings. The van der Waals surface area contributed by atoms with E-state index in [1.54, 1.807) is 0 Å². The molecule has 0 aliphatic heterocycles. The van der Waals surface area contributed by atoms with Crippen LogP contribution < -0.4 is 0 Å². The fraction of sp³-hybridized carbons (Fsp3) is 0.727. The van der Waals surface area contributed by atoms with Crippen molar-refractivity contribution in [3.05, 3.63) is 12.7 Å². The van der Waals surface area contributed by atoms with Crippen molar-refractivity contribution in [1.82, 2.24) is 0 Å². The molecule has 0 heterocycles. The Morgan fingerprint density at radius 1 is 1.50 bits per heavy atom. The molecule has 3 saturated carbocycles. The average Bonchev–Trinajstić information content (AvgIpc) is 2.54. The van der Waals surface area contributed by atoms with Crippen LogP contribution in [0.1, 0.15) is 19.3 Å². The first-order chi connectivity index (χ1) is 5.83. The normalized spacial score (nSPS) is 54.0. The lowest BCUT2D eigenvalue weighted by molar-refractivity contribution is -0.119. The third-order valence-electron chi connectivity index (χ3n) is 4.18. The number of allylic oxidation sites excluding steroid dienone is 1. The summed E-state index contributed by atoms with van der Waals surface area (Å²) in [5.74, 6) is 4.28. The zero-order valence-electron chi connectivity index (χ0n) is 7.20. The van der Waals surface area contributed by atoms with E-state index < -0.39 is 0 Å². The van der Waals surface area contributed by atoms with E-state index in [1.807, 2.05) is 6.08 Å². The van der Waals surface area contributed by atoms with Crippen molar-refractivity contribution >= 4 is 5.78 Å². The predicted octanol–water partition coefficient (Wildman–Crippen LogP) is 2.03. The third kappa shape index (κ3) is 0.634. The standard InChI is InChI=1S/C11H14O/c1-2-3-6-4-8-10-7(6)5-9(12)11(8)10/h2,6-8,10-11H,1,3-5H2/t6-,7-,8+,10-,11-/m0/s1. The number of hydrogen-bond acceptors (Lipinski definition) is 1. The summed E-state index contributed by atoms with van der Waals surface area (Å²) in [5.41, 5.74) is 0. The van der Waals surface area contributed by atoms with E-state index in [1.165, 1.54) is 6.42 Å². The molecule has 0 unspecified atom stereocenters. The molecule has 0 aromatic carbocycles. The van der Waals surface area contributed by atoms with Gasteiger partial charge < -0.3 is 0 Å². The van der Waals surface area contributed by atoms with Gasteiger partial charge >= 0.3 is 0 Å². The van der Waals surface area contributed by atoms with Crippen LogP contribution in [-0.4, -0.2) is 5.78 Å². The van der Waals surface area contributed by atoms with Gasteiger partial charge in [-0.1, -0.05) is 6.08 Å². The van der Waals surface area contributed by atoms with Gasteiger partial charge in [-0.25, -0.2) is 0 Å². The first-order valence-electron chi connectivity index (χ1n) is 4.96. The Morgan fingerprint density at radius 3 is 3.00 bits per heavy atom. The topological polar surface area (TPSA) is 17.1 Å². The second-order valence-electron chi connectivity index (χ2n) is 4.62. The van der Waals surface area contributed by atoms with E-state index in [2.05, 4.69) is 6.58 Å². The van der Waals surface area contributed by atoms with Crippen molar-refractivity contribution in [2.24, 2.45) is 29.6 Å². The Labute approximate surface area is 72.8 Å². The minimum Gasteiger partial charge on any atom is -0.299 e. The second-order valence-corrected chi connectivity index (χ2v) is 4.62. The minimum absolute atomic E-state index is 0.524. The lowest BCUT2D eigenvalue weighted by Crippen LogP contribution is -2.08. The first kappa shape index (κ1) is 6.88. The van der Waals surface area contributed by atoms with Gasteiger partial charge in [-0.2, -0.15) is 0 Å². The number of ketones is 1. The Morgan fingerprint density at radius 2 is 2.33 bits per heavy atom. The zero-order valence-corrected chi connectivity index (χ0v) is 7.20. The Hall–Kier alpha value is -0.590. The lowest BCUT2D eigenvalue weighted by atomic mass is 9.90. The number of rotatable bonds is 2. The van der Waals surface area contributed by atoms with Crippen LogP contribution in [0.5, 0.6) is 0 Å². The minimum atomic E-state index is 0.524. The summed E-state index contributed by atoms with van der Waals surface area (Å²) in [7, 11) is 0. The van der Waals surface area contributed by atoms with Crippen molar-refractivity contribution in [2.45, 2.75) is 19.3 Å². The molecule has 0 N–H and O–H groups in total. The average molecular weight is 162 g/mol. The molecule has 0 amide bonds. The third-order valence-corrected chi connectivity index (χ3v) is 4.18. The van der Waals surface area contributed by atoms with Crippen LogP contribution in [0, 0.1) is 29.6 Å². The van der Waals surface area contributed by atoms with Crippen LogP contribution in [0.15, 0.2) is 12.7 Å². The van der Waals surface area contributed by atoms with Gasteiger partial charge in [0.05, 0.1) is 0 Å². The van der Waals surface area contributed by atoms with Gasteiger partial charge in [0, 0.05) is 12.3 Å². The molecule has 64 valence electrons. The molecule has 3 rings (SSSR count). The van der Waals surface area contributed by atoms with Gasteiger partial charge in [-0.3, -0.25) is 4.79 Å². The van der Waals surface area contributed by atoms with Gasteiger partial charge in [0.1, 0.15) is 5.78 Å². The van der Waals surface area contributed by atoms with Crippen LogP contribution in [0.2, 0.25) is 0 Å². The summed E-state index contributed by atoms with van der Waals surface area (Å²) in [5, 5.41) is 0. The highest BCUT2D eigenvalue weighted by Gasteiger charge is 2.68. The van der Waals surface area contributed by atoms with Crippen molar-refractivity contribution < 1.29 is 4.79 Å². The molecule has 12 heavy (non-hydrogen) atoms. The van der Waals surface area contributed by atoms with Crippen molar-refractivity contribution in [1.29, 1.82) is 0 Å². The molecular formula is C11H14O. The Bertz CT molecular complexity index is 256. The van der Waals surface area contributed by atoms with E-state index in [9.17, 15) is 4.79 Å². The maximum atomic E-state index is 11.4. The molecule has 3 aliphatic rings. The van der Waals surface area contributed by atoms with Crippen LogP contribution in [0.3, 0.4) is 0 Å². The maximum absolute atomic E-state index is 11.4. The molecular weight excluding hydrogens is 148 g/mol. The van der Waals surface area contributed by atoms with E-state index in [-0.39, 0.29) is 0 Å². The molecule has 0 radical (unpaired) electrons. The number of fused-ring (bicyclic) bond motifs is 1. The van der Waals surface area contributed by atoms with Crippen molar-refractivity contribution in [3.63, 3.8) is 0 Å².